The summed E-state index contributed by atoms with van der Waals surface area (Å²) >= 11 is 0. The van der Waals surface area contributed by atoms with E-state index in [1.165, 1.54) is 72.5 Å². The highest BCUT2D eigenvalue weighted by atomic mass is 15.2. The lowest BCUT2D eigenvalue weighted by atomic mass is 9.33. The van der Waals surface area contributed by atoms with Crippen molar-refractivity contribution < 1.29 is 0 Å². The lowest BCUT2D eigenvalue weighted by Crippen LogP contribution is -2.61. The summed E-state index contributed by atoms with van der Waals surface area (Å²) in [6, 6.07) is 73.0. The first kappa shape index (κ1) is 29.4. The summed E-state index contributed by atoms with van der Waals surface area (Å²) < 4.78 is 0. The molecule has 3 heteroatoms. The summed E-state index contributed by atoms with van der Waals surface area (Å²) in [7, 11) is 0. The van der Waals surface area contributed by atoms with Crippen LogP contribution in [0, 0.1) is 0 Å². The molecule has 0 atom stereocenters. The molecule has 51 heavy (non-hydrogen) atoms. The highest BCUT2D eigenvalue weighted by Crippen LogP contribution is 2.45. The summed E-state index contributed by atoms with van der Waals surface area (Å²) in [5.74, 6) is 0. The molecule has 0 saturated carbocycles. The smallest absolute Gasteiger partial charge is 0.252 e. The fourth-order valence-corrected chi connectivity index (χ4v) is 8.13. The van der Waals surface area contributed by atoms with Gasteiger partial charge in [0.25, 0.3) is 6.71 Å². The number of nitrogens with zero attached hydrogens (tertiary/aromatic N) is 2. The zero-order chi connectivity index (χ0) is 33.7. The largest absolute Gasteiger partial charge is 0.311 e. The number of fused-ring (bicyclic) bond motifs is 4. The topological polar surface area (TPSA) is 6.48 Å². The number of benzene rings is 8. The van der Waals surface area contributed by atoms with Crippen LogP contribution in [0.15, 0.2) is 200 Å². The van der Waals surface area contributed by atoms with E-state index in [0.29, 0.717) is 0 Å². The molecular weight excluding hydrogens is 615 g/mol. The van der Waals surface area contributed by atoms with Gasteiger partial charge in [0.2, 0.25) is 0 Å². The Morgan fingerprint density at radius 2 is 0.647 bits per heavy atom. The molecule has 238 valence electrons. The molecule has 2 nitrogen and oxygen atoms in total. The molecule has 10 rings (SSSR count). The summed E-state index contributed by atoms with van der Waals surface area (Å²) in [4.78, 5) is 4.94. The molecule has 0 saturated heterocycles. The average molecular weight is 649 g/mol. The molecule has 8 aromatic rings. The van der Waals surface area contributed by atoms with E-state index in [9.17, 15) is 0 Å². The van der Waals surface area contributed by atoms with Gasteiger partial charge in [0.15, 0.2) is 0 Å². The van der Waals surface area contributed by atoms with E-state index in [4.69, 9.17) is 0 Å². The second kappa shape index (κ2) is 12.1. The van der Waals surface area contributed by atoms with Crippen molar-refractivity contribution in [2.75, 3.05) is 9.80 Å². The maximum absolute atomic E-state index is 2.48. The molecule has 0 spiro atoms. The average Bonchev–Trinajstić information content (AvgIpc) is 3.22. The van der Waals surface area contributed by atoms with Crippen LogP contribution in [0.25, 0.3) is 33.4 Å². The molecule has 0 unspecified atom stereocenters. The third kappa shape index (κ3) is 4.89. The van der Waals surface area contributed by atoms with Gasteiger partial charge in [0.05, 0.1) is 0 Å². The lowest BCUT2D eigenvalue weighted by Gasteiger charge is -2.44. The summed E-state index contributed by atoms with van der Waals surface area (Å²) in [5.41, 5.74) is 18.4. The first-order valence-corrected chi connectivity index (χ1v) is 17.6. The van der Waals surface area contributed by atoms with Gasteiger partial charge in [-0.05, 0) is 98.3 Å². The summed E-state index contributed by atoms with van der Waals surface area (Å²) in [5, 5.41) is 0. The molecule has 0 fully saturated rings. The lowest BCUT2D eigenvalue weighted by molar-refractivity contribution is 1.25. The molecule has 2 aliphatic heterocycles. The van der Waals surface area contributed by atoms with E-state index >= 15 is 0 Å². The van der Waals surface area contributed by atoms with E-state index in [-0.39, 0.29) is 6.71 Å². The third-order valence-corrected chi connectivity index (χ3v) is 10.5. The number of para-hydroxylation sites is 1. The monoisotopic (exact) mass is 648 g/mol. The molecule has 0 bridgehead atoms. The van der Waals surface area contributed by atoms with Crippen molar-refractivity contribution in [3.05, 3.63) is 200 Å². The van der Waals surface area contributed by atoms with Crippen molar-refractivity contribution in [3.63, 3.8) is 0 Å². The normalized spacial score (nSPS) is 12.6. The van der Waals surface area contributed by atoms with E-state index in [2.05, 4.69) is 210 Å². The highest BCUT2D eigenvalue weighted by molar-refractivity contribution is 7.00. The molecule has 2 heterocycles. The van der Waals surface area contributed by atoms with Crippen molar-refractivity contribution in [1.29, 1.82) is 0 Å². The Balaban J connectivity index is 1.24. The van der Waals surface area contributed by atoms with Gasteiger partial charge in [0.1, 0.15) is 0 Å². The fourth-order valence-electron chi connectivity index (χ4n) is 8.13. The summed E-state index contributed by atoms with van der Waals surface area (Å²) in [6.45, 7) is 0.0355. The predicted octanol–water partition coefficient (Wildman–Crippen LogP) is 10.8. The van der Waals surface area contributed by atoms with Gasteiger partial charge in [0, 0.05) is 34.1 Å². The molecule has 0 amide bonds. The van der Waals surface area contributed by atoms with Crippen LogP contribution >= 0.6 is 0 Å². The van der Waals surface area contributed by atoms with E-state index < -0.39 is 0 Å². The predicted molar refractivity (Wildman–Crippen MR) is 217 cm³/mol. The van der Waals surface area contributed by atoms with Crippen LogP contribution in [0.4, 0.5) is 34.1 Å². The second-order valence-electron chi connectivity index (χ2n) is 13.3. The van der Waals surface area contributed by atoms with Crippen LogP contribution in [0.3, 0.4) is 0 Å². The molecule has 8 aromatic carbocycles. The minimum absolute atomic E-state index is 0.0355. The number of hydrogen-bond donors (Lipinski definition) is 0. The van der Waals surface area contributed by atoms with Gasteiger partial charge in [-0.25, -0.2) is 0 Å². The Kier molecular flexibility index (Phi) is 6.95. The van der Waals surface area contributed by atoms with Crippen LogP contribution in [-0.4, -0.2) is 6.71 Å². The first-order chi connectivity index (χ1) is 25.3. The first-order valence-electron chi connectivity index (χ1n) is 17.6. The number of hydrogen-bond acceptors (Lipinski definition) is 2. The molecule has 0 N–H and O–H groups in total. The SMILES string of the molecule is c1ccc(-c2ccc(N3c4ccc(-c5ccccc5)cc4B4c5cc(-c6ccccc6)ccc5N(c5ccccc5)c5cccc3c54)cc2)cc1. The van der Waals surface area contributed by atoms with Gasteiger partial charge in [-0.1, -0.05) is 152 Å². The summed E-state index contributed by atoms with van der Waals surface area (Å²) in [6.07, 6.45) is 0. The molecule has 0 radical (unpaired) electrons. The molecule has 0 aromatic heterocycles. The second-order valence-corrected chi connectivity index (χ2v) is 13.3. The van der Waals surface area contributed by atoms with Gasteiger partial charge >= 0.3 is 0 Å². The fraction of sp³-hybridized carbons (Fsp3) is 0. The molecule has 0 aliphatic carbocycles. The zero-order valence-corrected chi connectivity index (χ0v) is 28.0. The molecular formula is C48H33BN2. The number of rotatable bonds is 5. The Bertz CT molecular complexity index is 2510. The van der Waals surface area contributed by atoms with Crippen molar-refractivity contribution in [2.24, 2.45) is 0 Å². The van der Waals surface area contributed by atoms with Crippen molar-refractivity contribution in [1.82, 2.24) is 0 Å². The Morgan fingerprint density at radius 1 is 0.275 bits per heavy atom. The van der Waals surface area contributed by atoms with Gasteiger partial charge < -0.3 is 9.80 Å². The highest BCUT2D eigenvalue weighted by Gasteiger charge is 2.43. The van der Waals surface area contributed by atoms with Crippen LogP contribution in [-0.2, 0) is 0 Å². The van der Waals surface area contributed by atoms with Crippen molar-refractivity contribution in [3.8, 4) is 33.4 Å². The minimum Gasteiger partial charge on any atom is -0.311 e. The Hall–Kier alpha value is -6.58. The Morgan fingerprint density at radius 3 is 1.12 bits per heavy atom. The van der Waals surface area contributed by atoms with Crippen molar-refractivity contribution >= 4 is 57.2 Å². The third-order valence-electron chi connectivity index (χ3n) is 10.5. The minimum atomic E-state index is 0.0355. The standard InChI is InChI=1S/C48H33BN2/c1-5-14-34(15-6-1)37-24-28-41(29-25-37)51-45-31-27-39(36-18-9-3-10-19-36)33-43(45)49-42-32-38(35-16-7-2-8-17-35)26-30-44(42)50(40-20-11-4-12-21-40)46-22-13-23-47(51)48(46)49/h1-33H. The van der Waals surface area contributed by atoms with Crippen molar-refractivity contribution in [2.45, 2.75) is 0 Å². The van der Waals surface area contributed by atoms with Gasteiger partial charge in [-0.15, -0.1) is 0 Å². The maximum atomic E-state index is 2.48. The van der Waals surface area contributed by atoms with Gasteiger partial charge in [-0.3, -0.25) is 0 Å². The van der Waals surface area contributed by atoms with Crippen LogP contribution in [0.1, 0.15) is 0 Å². The maximum Gasteiger partial charge on any atom is 0.252 e. The van der Waals surface area contributed by atoms with Crippen LogP contribution in [0.5, 0.6) is 0 Å². The van der Waals surface area contributed by atoms with E-state index in [0.717, 1.165) is 11.4 Å². The van der Waals surface area contributed by atoms with E-state index in [1.54, 1.807) is 0 Å². The number of anilines is 6. The van der Waals surface area contributed by atoms with Gasteiger partial charge in [-0.2, -0.15) is 0 Å². The molecule has 2 aliphatic rings. The van der Waals surface area contributed by atoms with Crippen LogP contribution < -0.4 is 26.2 Å². The quantitative estimate of drug-likeness (QED) is 0.171. The Labute approximate surface area is 299 Å². The van der Waals surface area contributed by atoms with Crippen LogP contribution in [0.2, 0.25) is 0 Å². The zero-order valence-electron chi connectivity index (χ0n) is 28.0. The van der Waals surface area contributed by atoms with E-state index in [1.807, 2.05) is 0 Å².